The van der Waals surface area contributed by atoms with Gasteiger partial charge in [0, 0.05) is 17.8 Å². The van der Waals surface area contributed by atoms with Crippen LogP contribution in [-0.4, -0.2) is 19.6 Å². The Kier molecular flexibility index (Phi) is 3.22. The lowest BCUT2D eigenvalue weighted by molar-refractivity contribution is 0.0957. The summed E-state index contributed by atoms with van der Waals surface area (Å²) in [6, 6.07) is 7.65. The van der Waals surface area contributed by atoms with Gasteiger partial charge in [-0.15, -0.1) is 0 Å². The van der Waals surface area contributed by atoms with Crippen molar-refractivity contribution in [3.05, 3.63) is 47.4 Å². The molecule has 0 fully saturated rings. The fourth-order valence-corrected chi connectivity index (χ4v) is 2.63. The highest BCUT2D eigenvalue weighted by Crippen LogP contribution is 2.31. The summed E-state index contributed by atoms with van der Waals surface area (Å²) >= 11 is 0. The number of rotatable bonds is 2. The summed E-state index contributed by atoms with van der Waals surface area (Å²) in [6.45, 7) is 2.61. The van der Waals surface area contributed by atoms with E-state index in [9.17, 15) is 4.79 Å². The van der Waals surface area contributed by atoms with E-state index in [0.29, 0.717) is 5.76 Å². The van der Waals surface area contributed by atoms with E-state index in [1.54, 1.807) is 18.3 Å². The number of aryl methyl sites for hydroxylation is 2. The maximum absolute atomic E-state index is 12.6. The molecule has 1 aliphatic heterocycles. The standard InChI is InChI=1S/C16H17NO3/c1-11-7-9-20-15(11)16(18)17-8-3-4-12-10-13(19-2)5-6-14(12)17/h5-7,9-10H,3-4,8H2,1-2H3. The van der Waals surface area contributed by atoms with Gasteiger partial charge in [-0.2, -0.15) is 0 Å². The lowest BCUT2D eigenvalue weighted by atomic mass is 10.0. The van der Waals surface area contributed by atoms with Crippen molar-refractivity contribution in [1.29, 1.82) is 0 Å². The predicted molar refractivity (Wildman–Crippen MR) is 76.4 cm³/mol. The highest BCUT2D eigenvalue weighted by Gasteiger charge is 2.26. The van der Waals surface area contributed by atoms with Crippen LogP contribution in [0.4, 0.5) is 5.69 Å². The van der Waals surface area contributed by atoms with Crippen LogP contribution in [0.1, 0.15) is 28.1 Å². The number of carbonyl (C=O) groups excluding carboxylic acids is 1. The zero-order chi connectivity index (χ0) is 14.1. The summed E-state index contributed by atoms with van der Waals surface area (Å²) < 4.78 is 10.6. The molecule has 0 spiro atoms. The quantitative estimate of drug-likeness (QED) is 0.842. The van der Waals surface area contributed by atoms with Crippen LogP contribution in [-0.2, 0) is 6.42 Å². The second kappa shape index (κ2) is 5.04. The molecular weight excluding hydrogens is 254 g/mol. The topological polar surface area (TPSA) is 42.7 Å². The van der Waals surface area contributed by atoms with E-state index in [0.717, 1.165) is 42.0 Å². The van der Waals surface area contributed by atoms with Crippen molar-refractivity contribution in [2.45, 2.75) is 19.8 Å². The van der Waals surface area contributed by atoms with Gasteiger partial charge in [-0.1, -0.05) is 0 Å². The zero-order valence-electron chi connectivity index (χ0n) is 11.7. The second-order valence-electron chi connectivity index (χ2n) is 4.99. The van der Waals surface area contributed by atoms with Crippen molar-refractivity contribution in [3.8, 4) is 5.75 Å². The molecule has 0 saturated heterocycles. The molecule has 0 aliphatic carbocycles. The second-order valence-corrected chi connectivity index (χ2v) is 4.99. The van der Waals surface area contributed by atoms with Crippen molar-refractivity contribution < 1.29 is 13.9 Å². The number of nitrogens with zero attached hydrogens (tertiary/aromatic N) is 1. The normalized spacial score (nSPS) is 14.0. The molecule has 104 valence electrons. The predicted octanol–water partition coefficient (Wildman–Crippen LogP) is 3.19. The Balaban J connectivity index is 1.98. The molecule has 3 rings (SSSR count). The Bertz CT molecular complexity index is 645. The maximum Gasteiger partial charge on any atom is 0.294 e. The molecule has 0 radical (unpaired) electrons. The fraction of sp³-hybridized carbons (Fsp3) is 0.312. The number of ether oxygens (including phenoxy) is 1. The molecule has 20 heavy (non-hydrogen) atoms. The Labute approximate surface area is 118 Å². The van der Waals surface area contributed by atoms with E-state index in [-0.39, 0.29) is 5.91 Å². The van der Waals surface area contributed by atoms with Gasteiger partial charge in [-0.05, 0) is 49.6 Å². The molecule has 4 nitrogen and oxygen atoms in total. The minimum atomic E-state index is -0.0707. The Morgan fingerprint density at radius 2 is 2.20 bits per heavy atom. The van der Waals surface area contributed by atoms with E-state index in [4.69, 9.17) is 9.15 Å². The third-order valence-electron chi connectivity index (χ3n) is 3.71. The first-order valence-electron chi connectivity index (χ1n) is 6.73. The van der Waals surface area contributed by atoms with Gasteiger partial charge in [0.1, 0.15) is 5.75 Å². The van der Waals surface area contributed by atoms with Crippen molar-refractivity contribution in [2.24, 2.45) is 0 Å². The van der Waals surface area contributed by atoms with E-state index in [1.165, 1.54) is 0 Å². The van der Waals surface area contributed by atoms with Crippen LogP contribution in [0.3, 0.4) is 0 Å². The molecule has 4 heteroatoms. The molecule has 0 bridgehead atoms. The number of anilines is 1. The summed E-state index contributed by atoms with van der Waals surface area (Å²) in [5.41, 5.74) is 2.97. The average Bonchev–Trinajstić information content (AvgIpc) is 2.91. The molecule has 1 aromatic carbocycles. The molecule has 2 aromatic rings. The third kappa shape index (κ3) is 2.07. The van der Waals surface area contributed by atoms with Gasteiger partial charge in [-0.3, -0.25) is 4.79 Å². The van der Waals surface area contributed by atoms with Gasteiger partial charge in [0.25, 0.3) is 5.91 Å². The van der Waals surface area contributed by atoms with Crippen LogP contribution in [0.2, 0.25) is 0 Å². The smallest absolute Gasteiger partial charge is 0.294 e. The van der Waals surface area contributed by atoms with Crippen LogP contribution in [0.15, 0.2) is 34.9 Å². The first-order valence-corrected chi connectivity index (χ1v) is 6.73. The van der Waals surface area contributed by atoms with Gasteiger partial charge < -0.3 is 14.1 Å². The minimum absolute atomic E-state index is 0.0707. The van der Waals surface area contributed by atoms with Crippen LogP contribution in [0.5, 0.6) is 5.75 Å². The van der Waals surface area contributed by atoms with E-state index < -0.39 is 0 Å². The number of methoxy groups -OCH3 is 1. The Hall–Kier alpha value is -2.23. The van der Waals surface area contributed by atoms with E-state index in [2.05, 4.69) is 0 Å². The van der Waals surface area contributed by atoms with Gasteiger partial charge in [-0.25, -0.2) is 0 Å². The SMILES string of the molecule is COc1ccc2c(c1)CCCN2C(=O)c1occc1C. The lowest BCUT2D eigenvalue weighted by Gasteiger charge is -2.29. The van der Waals surface area contributed by atoms with Crippen molar-refractivity contribution in [3.63, 3.8) is 0 Å². The van der Waals surface area contributed by atoms with Crippen LogP contribution < -0.4 is 9.64 Å². The summed E-state index contributed by atoms with van der Waals surface area (Å²) in [7, 11) is 1.65. The first-order chi connectivity index (χ1) is 9.70. The molecule has 0 atom stereocenters. The van der Waals surface area contributed by atoms with Crippen molar-refractivity contribution >= 4 is 11.6 Å². The highest BCUT2D eigenvalue weighted by atomic mass is 16.5. The Morgan fingerprint density at radius 3 is 2.90 bits per heavy atom. The summed E-state index contributed by atoms with van der Waals surface area (Å²) in [6.07, 6.45) is 3.47. The number of hydrogen-bond acceptors (Lipinski definition) is 3. The summed E-state index contributed by atoms with van der Waals surface area (Å²) in [5.74, 6) is 1.18. The van der Waals surface area contributed by atoms with Gasteiger partial charge in [0.15, 0.2) is 5.76 Å². The number of amides is 1. The zero-order valence-corrected chi connectivity index (χ0v) is 11.7. The first kappa shape index (κ1) is 12.8. The molecular formula is C16H17NO3. The summed E-state index contributed by atoms with van der Waals surface area (Å²) in [4.78, 5) is 14.4. The molecule has 0 N–H and O–H groups in total. The molecule has 2 heterocycles. The molecule has 0 unspecified atom stereocenters. The van der Waals surface area contributed by atoms with Gasteiger partial charge in [0.2, 0.25) is 0 Å². The van der Waals surface area contributed by atoms with Gasteiger partial charge in [0.05, 0.1) is 13.4 Å². The van der Waals surface area contributed by atoms with Crippen molar-refractivity contribution in [1.82, 2.24) is 0 Å². The van der Waals surface area contributed by atoms with Crippen LogP contribution in [0.25, 0.3) is 0 Å². The number of fused-ring (bicyclic) bond motifs is 1. The monoisotopic (exact) mass is 271 g/mol. The molecule has 0 saturated carbocycles. The Morgan fingerprint density at radius 1 is 1.35 bits per heavy atom. The summed E-state index contributed by atoms with van der Waals surface area (Å²) in [5, 5.41) is 0. The number of benzene rings is 1. The number of carbonyl (C=O) groups is 1. The van der Waals surface area contributed by atoms with Gasteiger partial charge >= 0.3 is 0 Å². The highest BCUT2D eigenvalue weighted by molar-refractivity contribution is 6.05. The largest absolute Gasteiger partial charge is 0.497 e. The van der Waals surface area contributed by atoms with Crippen LogP contribution >= 0.6 is 0 Å². The minimum Gasteiger partial charge on any atom is -0.497 e. The number of hydrogen-bond donors (Lipinski definition) is 0. The van der Waals surface area contributed by atoms with Crippen molar-refractivity contribution in [2.75, 3.05) is 18.6 Å². The maximum atomic E-state index is 12.6. The molecule has 1 aliphatic rings. The van der Waals surface area contributed by atoms with E-state index in [1.807, 2.05) is 31.2 Å². The fourth-order valence-electron chi connectivity index (χ4n) is 2.63. The van der Waals surface area contributed by atoms with Crippen LogP contribution in [0, 0.1) is 6.92 Å². The third-order valence-corrected chi connectivity index (χ3v) is 3.71. The lowest BCUT2D eigenvalue weighted by Crippen LogP contribution is -2.35. The number of furan rings is 1. The average molecular weight is 271 g/mol. The van der Waals surface area contributed by atoms with E-state index >= 15 is 0 Å². The molecule has 1 aromatic heterocycles. The molecule has 1 amide bonds.